The quantitative estimate of drug-likeness (QED) is 0.760. The molecule has 1 aliphatic rings. The molecule has 0 unspecified atom stereocenters. The van der Waals surface area contributed by atoms with Crippen LogP contribution in [-0.4, -0.2) is 44.4 Å². The van der Waals surface area contributed by atoms with Crippen LogP contribution in [0.1, 0.15) is 45.7 Å². The van der Waals surface area contributed by atoms with Crippen molar-refractivity contribution >= 4 is 11.9 Å². The molecule has 0 aromatic carbocycles. The van der Waals surface area contributed by atoms with Crippen molar-refractivity contribution in [2.45, 2.75) is 18.8 Å². The van der Waals surface area contributed by atoms with Crippen molar-refractivity contribution in [1.82, 2.24) is 4.98 Å². The fourth-order valence-electron chi connectivity index (χ4n) is 1.92. The molecule has 1 aliphatic heterocycles. The van der Waals surface area contributed by atoms with Gasteiger partial charge in [0.1, 0.15) is 0 Å². The lowest BCUT2D eigenvalue weighted by Crippen LogP contribution is -2.14. The highest BCUT2D eigenvalue weighted by atomic mass is 16.5. The average molecular weight is 269 g/mol. The first-order valence-corrected chi connectivity index (χ1v) is 5.92. The number of methoxy groups -OCH3 is 2. The lowest BCUT2D eigenvalue weighted by molar-refractivity contribution is 0.0521. The van der Waals surface area contributed by atoms with Crippen LogP contribution in [0.4, 0.5) is 0 Å². The summed E-state index contributed by atoms with van der Waals surface area (Å²) in [6, 6.07) is 0. The topological polar surface area (TPSA) is 87.9 Å². The van der Waals surface area contributed by atoms with Crippen molar-refractivity contribution in [2.75, 3.05) is 27.4 Å². The van der Waals surface area contributed by atoms with Crippen molar-refractivity contribution in [3.05, 3.63) is 17.3 Å². The number of aromatic nitrogens is 1. The fourth-order valence-corrected chi connectivity index (χ4v) is 1.92. The van der Waals surface area contributed by atoms with Gasteiger partial charge in [-0.3, -0.25) is 0 Å². The molecule has 1 aromatic heterocycles. The van der Waals surface area contributed by atoms with Gasteiger partial charge < -0.3 is 18.6 Å². The van der Waals surface area contributed by atoms with Gasteiger partial charge in [0, 0.05) is 19.1 Å². The molecule has 0 bridgehead atoms. The second-order valence-electron chi connectivity index (χ2n) is 4.10. The molecule has 2 rings (SSSR count). The number of oxazole rings is 1. The van der Waals surface area contributed by atoms with Crippen molar-refractivity contribution < 1.29 is 28.2 Å². The molecule has 0 aliphatic carbocycles. The molecule has 0 spiro atoms. The van der Waals surface area contributed by atoms with Gasteiger partial charge in [-0.25, -0.2) is 14.6 Å². The Morgan fingerprint density at radius 2 is 1.79 bits per heavy atom. The number of carbonyl (C=O) groups is 2. The minimum atomic E-state index is -0.744. The van der Waals surface area contributed by atoms with Gasteiger partial charge in [0.2, 0.25) is 11.5 Å². The Kier molecular flexibility index (Phi) is 4.16. The van der Waals surface area contributed by atoms with Crippen LogP contribution in [0, 0.1) is 0 Å². The molecule has 0 atom stereocenters. The van der Waals surface area contributed by atoms with Crippen molar-refractivity contribution in [2.24, 2.45) is 0 Å². The standard InChI is InChI=1S/C12H15NO6/c1-16-11(14)8-9(12(15)17-2)19-10(13-8)7-3-5-18-6-4-7/h7H,3-6H2,1-2H3. The van der Waals surface area contributed by atoms with E-state index in [1.807, 2.05) is 0 Å². The summed E-state index contributed by atoms with van der Waals surface area (Å²) in [6.45, 7) is 1.21. The zero-order valence-corrected chi connectivity index (χ0v) is 10.8. The van der Waals surface area contributed by atoms with Gasteiger partial charge in [0.05, 0.1) is 14.2 Å². The third kappa shape index (κ3) is 2.76. The number of esters is 2. The summed E-state index contributed by atoms with van der Waals surface area (Å²) in [4.78, 5) is 27.2. The molecular weight excluding hydrogens is 254 g/mol. The van der Waals surface area contributed by atoms with E-state index in [1.165, 1.54) is 14.2 Å². The Morgan fingerprint density at radius 3 is 2.37 bits per heavy atom. The summed E-state index contributed by atoms with van der Waals surface area (Å²) in [5.74, 6) is -1.29. The molecule has 2 heterocycles. The summed E-state index contributed by atoms with van der Waals surface area (Å²) in [5, 5.41) is 0. The molecule has 1 aromatic rings. The first-order chi connectivity index (χ1) is 9.17. The lowest BCUT2D eigenvalue weighted by atomic mass is 10.0. The summed E-state index contributed by atoms with van der Waals surface area (Å²) in [6.07, 6.45) is 1.48. The normalized spacial score (nSPS) is 16.1. The average Bonchev–Trinajstić information content (AvgIpc) is 2.91. The Labute approximate surface area is 109 Å². The van der Waals surface area contributed by atoms with Crippen molar-refractivity contribution in [3.8, 4) is 0 Å². The summed E-state index contributed by atoms with van der Waals surface area (Å²) in [5.41, 5.74) is -0.143. The van der Waals surface area contributed by atoms with Gasteiger partial charge in [-0.15, -0.1) is 0 Å². The Hall–Kier alpha value is -1.89. The Bertz CT molecular complexity index is 441. The number of hydrogen-bond acceptors (Lipinski definition) is 7. The van der Waals surface area contributed by atoms with E-state index in [-0.39, 0.29) is 17.4 Å². The van der Waals surface area contributed by atoms with Gasteiger partial charge in [0.25, 0.3) is 0 Å². The molecule has 0 saturated carbocycles. The third-order valence-electron chi connectivity index (χ3n) is 2.96. The fraction of sp³-hybridized carbons (Fsp3) is 0.583. The van der Waals surface area contributed by atoms with E-state index >= 15 is 0 Å². The van der Waals surface area contributed by atoms with Gasteiger partial charge in [-0.1, -0.05) is 0 Å². The van der Waals surface area contributed by atoms with Crippen LogP contribution in [0.3, 0.4) is 0 Å². The monoisotopic (exact) mass is 269 g/mol. The van der Waals surface area contributed by atoms with Crippen LogP contribution in [-0.2, 0) is 14.2 Å². The second-order valence-corrected chi connectivity index (χ2v) is 4.10. The third-order valence-corrected chi connectivity index (χ3v) is 2.96. The van der Waals surface area contributed by atoms with Gasteiger partial charge >= 0.3 is 11.9 Å². The van der Waals surface area contributed by atoms with E-state index in [0.717, 1.165) is 12.8 Å². The molecule has 7 nitrogen and oxygen atoms in total. The first-order valence-electron chi connectivity index (χ1n) is 5.92. The zero-order valence-electron chi connectivity index (χ0n) is 10.8. The maximum atomic E-state index is 11.6. The highest BCUT2D eigenvalue weighted by Gasteiger charge is 2.30. The molecule has 0 radical (unpaired) electrons. The molecule has 0 N–H and O–H groups in total. The molecule has 1 saturated heterocycles. The largest absolute Gasteiger partial charge is 0.464 e. The van der Waals surface area contributed by atoms with E-state index in [4.69, 9.17) is 9.15 Å². The van der Waals surface area contributed by atoms with Crippen LogP contribution in [0.5, 0.6) is 0 Å². The molecule has 104 valence electrons. The van der Waals surface area contributed by atoms with Crippen LogP contribution in [0.15, 0.2) is 4.42 Å². The van der Waals surface area contributed by atoms with Crippen LogP contribution >= 0.6 is 0 Å². The highest BCUT2D eigenvalue weighted by Crippen LogP contribution is 2.28. The molecule has 7 heteroatoms. The summed E-state index contributed by atoms with van der Waals surface area (Å²) < 4.78 is 19.8. The second kappa shape index (κ2) is 5.83. The number of ether oxygens (including phenoxy) is 3. The molecule has 19 heavy (non-hydrogen) atoms. The number of nitrogens with zero attached hydrogens (tertiary/aromatic N) is 1. The minimum absolute atomic E-state index is 0.0376. The summed E-state index contributed by atoms with van der Waals surface area (Å²) >= 11 is 0. The van der Waals surface area contributed by atoms with Crippen LogP contribution < -0.4 is 0 Å². The number of hydrogen-bond donors (Lipinski definition) is 0. The maximum absolute atomic E-state index is 11.6. The van der Waals surface area contributed by atoms with E-state index in [0.29, 0.717) is 19.1 Å². The highest BCUT2D eigenvalue weighted by molar-refractivity contribution is 5.99. The van der Waals surface area contributed by atoms with Gasteiger partial charge in [0.15, 0.2) is 5.89 Å². The molecule has 1 fully saturated rings. The van der Waals surface area contributed by atoms with Crippen LogP contribution in [0.2, 0.25) is 0 Å². The minimum Gasteiger partial charge on any atom is -0.464 e. The Balaban J connectivity index is 2.33. The summed E-state index contributed by atoms with van der Waals surface area (Å²) in [7, 11) is 2.42. The van der Waals surface area contributed by atoms with Crippen molar-refractivity contribution in [3.63, 3.8) is 0 Å². The first kappa shape index (κ1) is 13.5. The van der Waals surface area contributed by atoms with Crippen molar-refractivity contribution in [1.29, 1.82) is 0 Å². The Morgan fingerprint density at radius 1 is 1.16 bits per heavy atom. The van der Waals surface area contributed by atoms with Gasteiger partial charge in [-0.05, 0) is 12.8 Å². The van der Waals surface area contributed by atoms with E-state index in [2.05, 4.69) is 14.5 Å². The zero-order chi connectivity index (χ0) is 13.8. The molecule has 0 amide bonds. The van der Waals surface area contributed by atoms with Crippen LogP contribution in [0.25, 0.3) is 0 Å². The molecular formula is C12H15NO6. The smallest absolute Gasteiger partial charge is 0.376 e. The predicted octanol–water partition coefficient (Wildman–Crippen LogP) is 1.14. The lowest BCUT2D eigenvalue weighted by Gasteiger charge is -2.18. The SMILES string of the molecule is COC(=O)c1nc(C2CCOCC2)oc1C(=O)OC. The van der Waals surface area contributed by atoms with E-state index in [9.17, 15) is 9.59 Å². The maximum Gasteiger partial charge on any atom is 0.376 e. The predicted molar refractivity (Wildman–Crippen MR) is 62.0 cm³/mol. The number of rotatable bonds is 3. The number of carbonyl (C=O) groups excluding carboxylic acids is 2. The van der Waals surface area contributed by atoms with E-state index < -0.39 is 11.9 Å². The van der Waals surface area contributed by atoms with Gasteiger partial charge in [-0.2, -0.15) is 0 Å². The van der Waals surface area contributed by atoms with E-state index in [1.54, 1.807) is 0 Å².